The molecule has 1 aromatic carbocycles. The number of hydrogen-bond donors (Lipinski definition) is 1. The Morgan fingerprint density at radius 1 is 1.50 bits per heavy atom. The number of nitrogens with zero attached hydrogens (tertiary/aromatic N) is 1. The lowest BCUT2D eigenvalue weighted by molar-refractivity contribution is -0.177. The topological polar surface area (TPSA) is 85.3 Å². The average Bonchev–Trinajstić information content (AvgIpc) is 2.51. The summed E-state index contributed by atoms with van der Waals surface area (Å²) in [5.41, 5.74) is -0.456. The lowest BCUT2D eigenvalue weighted by Gasteiger charge is -2.34. The highest BCUT2D eigenvalue weighted by Gasteiger charge is 2.41. The first-order chi connectivity index (χ1) is 12.4. The lowest BCUT2D eigenvalue weighted by atomic mass is 10.1. The molecule has 24 heavy (non-hydrogen) atoms. The molecule has 1 fully saturated rings. The highest BCUT2D eigenvalue weighted by molar-refractivity contribution is 6.00. The van der Waals surface area contributed by atoms with Crippen LogP contribution in [0, 0.1) is 0 Å². The van der Waals surface area contributed by atoms with Crippen LogP contribution in [0.2, 0.25) is 0 Å². The fourth-order valence-corrected chi connectivity index (χ4v) is 2.29. The number of aliphatic hydroxyl groups is 1. The van der Waals surface area contributed by atoms with Crippen LogP contribution in [0.4, 0.5) is 5.69 Å². The Labute approximate surface area is 145 Å². The molecule has 132 valence electrons. The summed E-state index contributed by atoms with van der Waals surface area (Å²) >= 11 is 0. The van der Waals surface area contributed by atoms with Crippen molar-refractivity contribution in [1.29, 1.82) is 0 Å². The predicted octanol–water partition coefficient (Wildman–Crippen LogP) is 1.13. The summed E-state index contributed by atoms with van der Waals surface area (Å²) in [6.45, 7) is 5.19. The molecule has 0 saturated carbocycles. The van der Waals surface area contributed by atoms with Crippen LogP contribution in [0.15, 0.2) is 24.3 Å². The average molecular weight is 340 g/mol. The van der Waals surface area contributed by atoms with Crippen molar-refractivity contribution in [2.75, 3.05) is 25.1 Å². The van der Waals surface area contributed by atoms with Gasteiger partial charge in [-0.25, -0.2) is 4.79 Å². The van der Waals surface area contributed by atoms with Gasteiger partial charge in [0.1, 0.15) is 11.4 Å². The Hall–Kier alpha value is -2.12. The van der Waals surface area contributed by atoms with Gasteiger partial charge in [-0.2, -0.15) is 0 Å². The molecule has 1 aliphatic heterocycles. The summed E-state index contributed by atoms with van der Waals surface area (Å²) in [4.78, 5) is 26.1. The van der Waals surface area contributed by atoms with E-state index < -0.39 is 36.7 Å². The van der Waals surface area contributed by atoms with Crippen LogP contribution < -0.4 is 9.64 Å². The van der Waals surface area contributed by atoms with E-state index in [9.17, 15) is 14.7 Å². The van der Waals surface area contributed by atoms with Gasteiger partial charge >= 0.3 is 5.97 Å². The Bertz CT molecular complexity index is 701. The van der Waals surface area contributed by atoms with E-state index in [1.165, 1.54) is 17.0 Å². The molecule has 2 atom stereocenters. The van der Waals surface area contributed by atoms with Crippen molar-refractivity contribution in [3.63, 3.8) is 0 Å². The monoisotopic (exact) mass is 340 g/mol. The van der Waals surface area contributed by atoms with Crippen LogP contribution in [0.5, 0.6) is 5.75 Å². The molecule has 0 aliphatic carbocycles. The molecule has 1 N–H and O–H groups in total. The van der Waals surface area contributed by atoms with Crippen molar-refractivity contribution in [3.05, 3.63) is 24.3 Å². The van der Waals surface area contributed by atoms with E-state index in [0.717, 1.165) is 0 Å². The molecule has 0 spiro atoms. The number of aliphatic hydroxyl groups excluding tert-OH is 1. The molecule has 1 aliphatic rings. The van der Waals surface area contributed by atoms with E-state index in [1.54, 1.807) is 32.9 Å². The second-order valence-corrected chi connectivity index (χ2v) is 6.36. The van der Waals surface area contributed by atoms with Crippen molar-refractivity contribution in [2.45, 2.75) is 38.6 Å². The van der Waals surface area contributed by atoms with E-state index in [2.05, 4.69) is 0 Å². The van der Waals surface area contributed by atoms with Crippen LogP contribution in [-0.2, 0) is 19.1 Å². The third-order valence-electron chi connectivity index (χ3n) is 3.30. The zero-order valence-corrected chi connectivity index (χ0v) is 13.8. The van der Waals surface area contributed by atoms with Crippen LogP contribution in [-0.4, -0.2) is 55.0 Å². The van der Waals surface area contributed by atoms with Crippen molar-refractivity contribution < 1.29 is 33.0 Å². The summed E-state index contributed by atoms with van der Waals surface area (Å²) in [5, 5.41) is 10.2. The highest BCUT2D eigenvalue weighted by atomic mass is 16.6. The molecular weight excluding hydrogens is 314 g/mol. The molecule has 0 aromatic heterocycles. The molecule has 0 unspecified atom stereocenters. The second kappa shape index (κ2) is 7.19. The predicted molar refractivity (Wildman–Crippen MR) is 86.9 cm³/mol. The minimum atomic E-state index is -2.62. The summed E-state index contributed by atoms with van der Waals surface area (Å²) in [6.07, 6.45) is -3.19. The smallest absolute Gasteiger partial charge is 0.338 e. The number of rotatable bonds is 4. The Kier molecular flexibility index (Phi) is 4.27. The number of hydrogen-bond acceptors (Lipinski definition) is 6. The summed E-state index contributed by atoms with van der Waals surface area (Å²) in [5.74, 6) is -1.52. The van der Waals surface area contributed by atoms with Gasteiger partial charge in [0.15, 0.2) is 12.2 Å². The van der Waals surface area contributed by atoms with Crippen molar-refractivity contribution in [2.24, 2.45) is 0 Å². The maximum absolute atomic E-state index is 12.7. The summed E-state index contributed by atoms with van der Waals surface area (Å²) in [6, 6.07) is 5.98. The number of amides is 1. The van der Waals surface area contributed by atoms with E-state index in [1.807, 2.05) is 0 Å². The molecule has 1 saturated heterocycles. The fourth-order valence-electron chi connectivity index (χ4n) is 2.29. The number of benzene rings is 1. The van der Waals surface area contributed by atoms with Gasteiger partial charge in [-0.05, 0) is 32.9 Å². The maximum atomic E-state index is 12.7. The van der Waals surface area contributed by atoms with E-state index >= 15 is 0 Å². The number of ether oxygens (including phenoxy) is 3. The van der Waals surface area contributed by atoms with Gasteiger partial charge in [0.2, 0.25) is 0 Å². The van der Waals surface area contributed by atoms with Crippen LogP contribution in [0.3, 0.4) is 0 Å². The Balaban J connectivity index is 2.17. The second-order valence-electron chi connectivity index (χ2n) is 6.36. The Morgan fingerprint density at radius 3 is 2.92 bits per heavy atom. The molecule has 2 rings (SSSR count). The van der Waals surface area contributed by atoms with E-state index in [0.29, 0.717) is 5.69 Å². The molecule has 1 aromatic rings. The number of carbonyl (C=O) groups excluding carboxylic acids is 2. The van der Waals surface area contributed by atoms with Gasteiger partial charge < -0.3 is 24.2 Å². The standard InChI is InChI=1S/C17H23NO6/c1-17(2,3)24-16(21)13(19)14-15(20)18(8-9-23-14)11-6-5-7-12(10-11)22-4/h5-7,10,13-14,19H,8-9H2,1-4H3/t13-,14-/m1/s1/i4D3. The summed E-state index contributed by atoms with van der Waals surface area (Å²) in [7, 11) is -2.62. The molecule has 0 radical (unpaired) electrons. The zero-order chi connectivity index (χ0) is 20.4. The molecular formula is C17H23NO6. The van der Waals surface area contributed by atoms with Gasteiger partial charge in [0.25, 0.3) is 5.91 Å². The molecule has 1 heterocycles. The van der Waals surface area contributed by atoms with E-state index in [-0.39, 0.29) is 18.9 Å². The van der Waals surface area contributed by atoms with Crippen molar-refractivity contribution in [1.82, 2.24) is 0 Å². The molecule has 7 heteroatoms. The minimum absolute atomic E-state index is 0.0658. The first-order valence-electron chi connectivity index (χ1n) is 9.00. The third kappa shape index (κ3) is 4.24. The molecule has 0 bridgehead atoms. The van der Waals surface area contributed by atoms with Crippen LogP contribution in [0.25, 0.3) is 0 Å². The van der Waals surface area contributed by atoms with Gasteiger partial charge in [-0.15, -0.1) is 0 Å². The number of esters is 1. The highest BCUT2D eigenvalue weighted by Crippen LogP contribution is 2.25. The third-order valence-corrected chi connectivity index (χ3v) is 3.30. The minimum Gasteiger partial charge on any atom is -0.497 e. The number of morpholine rings is 1. The SMILES string of the molecule is [2H]C([2H])([2H])Oc1cccc(N2CCO[C@H]([C@@H](O)C(=O)OC(C)(C)C)C2=O)c1. The van der Waals surface area contributed by atoms with Gasteiger partial charge in [0, 0.05) is 18.3 Å². The van der Waals surface area contributed by atoms with E-state index in [4.69, 9.17) is 18.3 Å². The first-order valence-corrected chi connectivity index (χ1v) is 7.50. The quantitative estimate of drug-likeness (QED) is 0.827. The Morgan fingerprint density at radius 2 is 2.25 bits per heavy atom. The molecule has 1 amide bonds. The van der Waals surface area contributed by atoms with Crippen LogP contribution in [0.1, 0.15) is 24.9 Å². The van der Waals surface area contributed by atoms with Gasteiger partial charge in [-0.1, -0.05) is 6.07 Å². The molecule has 7 nitrogen and oxygen atoms in total. The van der Waals surface area contributed by atoms with Crippen molar-refractivity contribution >= 4 is 17.6 Å². The first kappa shape index (κ1) is 14.2. The lowest BCUT2D eigenvalue weighted by Crippen LogP contribution is -2.55. The largest absolute Gasteiger partial charge is 0.497 e. The number of carbonyl (C=O) groups is 2. The van der Waals surface area contributed by atoms with Crippen molar-refractivity contribution in [3.8, 4) is 5.75 Å². The van der Waals surface area contributed by atoms with Gasteiger partial charge in [-0.3, -0.25) is 4.79 Å². The normalized spacial score (nSPS) is 22.2. The van der Waals surface area contributed by atoms with Crippen LogP contribution >= 0.6 is 0 Å². The maximum Gasteiger partial charge on any atom is 0.338 e. The number of methoxy groups -OCH3 is 1. The number of anilines is 1. The summed E-state index contributed by atoms with van der Waals surface area (Å²) < 4.78 is 36.7. The van der Waals surface area contributed by atoms with Gasteiger partial charge in [0.05, 0.1) is 17.8 Å². The fraction of sp³-hybridized carbons (Fsp3) is 0.529. The zero-order valence-electron chi connectivity index (χ0n) is 16.8.